The van der Waals surface area contributed by atoms with Crippen molar-refractivity contribution in [3.8, 4) is 17.2 Å². The fraction of sp³-hybridized carbons (Fsp3) is 0.333. The van der Waals surface area contributed by atoms with Crippen LogP contribution in [0.5, 0.6) is 0 Å². The van der Waals surface area contributed by atoms with E-state index in [1.165, 1.54) is 21.4 Å². The van der Waals surface area contributed by atoms with Gasteiger partial charge in [0.05, 0.1) is 31.7 Å². The van der Waals surface area contributed by atoms with E-state index in [2.05, 4.69) is 9.68 Å². The van der Waals surface area contributed by atoms with Gasteiger partial charge in [-0.15, -0.1) is 12.4 Å². The van der Waals surface area contributed by atoms with Crippen molar-refractivity contribution in [2.24, 2.45) is 4.36 Å². The Balaban J connectivity index is 0.00000316. The second-order valence-electron chi connectivity index (χ2n) is 11.2. The van der Waals surface area contributed by atoms with Crippen molar-refractivity contribution < 1.29 is 13.0 Å². The summed E-state index contributed by atoms with van der Waals surface area (Å²) in [7, 11) is -2.75. The predicted molar refractivity (Wildman–Crippen MR) is 161 cm³/mol. The number of nitrogens with zero attached hydrogens (tertiary/aromatic N) is 5. The smallest absolute Gasteiger partial charge is 0.310 e. The van der Waals surface area contributed by atoms with Crippen molar-refractivity contribution in [1.29, 1.82) is 0 Å². The minimum atomic E-state index is -2.75. The van der Waals surface area contributed by atoms with Crippen LogP contribution in [0.15, 0.2) is 56.4 Å². The van der Waals surface area contributed by atoms with E-state index in [0.717, 1.165) is 30.6 Å². The minimum Gasteiger partial charge on any atom is -0.310 e. The standard InChI is InChI=1S/C30H30F2N6O2S.ClH/c1-16-13-20(14-17(2)27(16)31)38-29(26-19(4)33-10-9-23(26)34-38)37-12-11-36(30(37)39)24-7-8-25-22(28(24)32)15-18(3)35-41(25,40)21-5-6-21;/h7-8,11-15,19,21,33H,5-6,9-10H2,1-4H3;1H/t19-,41?;/m0./s1. The maximum Gasteiger partial charge on any atom is 0.338 e. The molecule has 1 N–H and O–H groups in total. The second kappa shape index (κ2) is 10.0. The SMILES string of the molecule is CC1=Cc2c(ccc(-n3ccn(-c4c5c(nn4-c4cc(C)c(F)c(C)c4)CCN[C@H]5C)c3=O)c2F)S(=O)(C2CC2)=N1.Cl. The zero-order chi connectivity index (χ0) is 28.8. The highest BCUT2D eigenvalue weighted by molar-refractivity contribution is 7.94. The molecule has 0 spiro atoms. The van der Waals surface area contributed by atoms with Gasteiger partial charge in [-0.2, -0.15) is 9.46 Å². The van der Waals surface area contributed by atoms with E-state index in [1.807, 2.05) is 6.92 Å². The van der Waals surface area contributed by atoms with Gasteiger partial charge in [0.25, 0.3) is 0 Å². The highest BCUT2D eigenvalue weighted by Crippen LogP contribution is 2.42. The summed E-state index contributed by atoms with van der Waals surface area (Å²) in [6.45, 7) is 7.87. The van der Waals surface area contributed by atoms with Crippen LogP contribution in [0, 0.1) is 25.5 Å². The molecule has 220 valence electrons. The van der Waals surface area contributed by atoms with Crippen LogP contribution >= 0.6 is 12.4 Å². The number of benzene rings is 2. The molecule has 8 nitrogen and oxygen atoms in total. The Bertz CT molecular complexity index is 1970. The number of aryl methyl sites for hydroxylation is 2. The Morgan fingerprint density at radius 2 is 1.71 bits per heavy atom. The molecule has 4 aromatic rings. The Morgan fingerprint density at radius 3 is 2.40 bits per heavy atom. The average Bonchev–Trinajstić information content (AvgIpc) is 3.63. The number of fused-ring (bicyclic) bond motifs is 2. The summed E-state index contributed by atoms with van der Waals surface area (Å²) in [4.78, 5) is 14.4. The van der Waals surface area contributed by atoms with Crippen LogP contribution in [0.4, 0.5) is 8.78 Å². The largest absolute Gasteiger partial charge is 0.338 e. The number of hydrogen-bond donors (Lipinski definition) is 1. The first-order valence-electron chi connectivity index (χ1n) is 13.8. The van der Waals surface area contributed by atoms with Crippen LogP contribution < -0.4 is 11.0 Å². The van der Waals surface area contributed by atoms with Crippen molar-refractivity contribution in [2.45, 2.75) is 63.1 Å². The van der Waals surface area contributed by atoms with Gasteiger partial charge in [-0.3, -0.25) is 9.13 Å². The topological polar surface area (TPSA) is 86.2 Å². The lowest BCUT2D eigenvalue weighted by atomic mass is 10.0. The average molecular weight is 613 g/mol. The van der Waals surface area contributed by atoms with E-state index in [-0.39, 0.29) is 40.8 Å². The van der Waals surface area contributed by atoms with Gasteiger partial charge >= 0.3 is 5.69 Å². The highest BCUT2D eigenvalue weighted by atomic mass is 35.5. The Hall–Kier alpha value is -3.54. The molecule has 1 aliphatic carbocycles. The van der Waals surface area contributed by atoms with Gasteiger partial charge < -0.3 is 5.32 Å². The van der Waals surface area contributed by atoms with E-state index in [4.69, 9.17) is 5.10 Å². The molecule has 7 rings (SSSR count). The number of rotatable bonds is 4. The molecule has 4 heterocycles. The molecule has 0 radical (unpaired) electrons. The normalized spacial score (nSPS) is 21.2. The van der Waals surface area contributed by atoms with Crippen molar-refractivity contribution in [3.05, 3.63) is 92.4 Å². The summed E-state index contributed by atoms with van der Waals surface area (Å²) in [5.41, 5.74) is 3.63. The third kappa shape index (κ3) is 4.20. The van der Waals surface area contributed by atoms with Gasteiger partial charge in [0, 0.05) is 53.5 Å². The summed E-state index contributed by atoms with van der Waals surface area (Å²) in [6, 6.07) is 6.49. The van der Waals surface area contributed by atoms with Crippen molar-refractivity contribution in [2.75, 3.05) is 6.54 Å². The molecule has 1 saturated carbocycles. The van der Waals surface area contributed by atoms with Crippen LogP contribution in [0.25, 0.3) is 23.3 Å². The minimum absolute atomic E-state index is 0. The van der Waals surface area contributed by atoms with Crippen molar-refractivity contribution in [3.63, 3.8) is 0 Å². The molecule has 0 amide bonds. The Kier molecular flexibility index (Phi) is 6.82. The summed E-state index contributed by atoms with van der Waals surface area (Å²) < 4.78 is 53.2. The van der Waals surface area contributed by atoms with Crippen LogP contribution in [0.1, 0.15) is 60.7 Å². The van der Waals surface area contributed by atoms with Gasteiger partial charge in [0.2, 0.25) is 0 Å². The van der Waals surface area contributed by atoms with E-state index in [9.17, 15) is 13.4 Å². The fourth-order valence-electron chi connectivity index (χ4n) is 6.06. The van der Waals surface area contributed by atoms with Crippen molar-refractivity contribution in [1.82, 2.24) is 24.2 Å². The molecule has 42 heavy (non-hydrogen) atoms. The van der Waals surface area contributed by atoms with E-state index in [1.54, 1.807) is 55.9 Å². The zero-order valence-electron chi connectivity index (χ0n) is 23.6. The van der Waals surface area contributed by atoms with Gasteiger partial charge in [0.15, 0.2) is 5.82 Å². The molecule has 0 saturated heterocycles. The first kappa shape index (κ1) is 28.6. The lowest BCUT2D eigenvalue weighted by Gasteiger charge is -2.21. The van der Waals surface area contributed by atoms with Crippen LogP contribution in [0.3, 0.4) is 0 Å². The second-order valence-corrected chi connectivity index (χ2v) is 13.6. The molecule has 0 bridgehead atoms. The highest BCUT2D eigenvalue weighted by Gasteiger charge is 2.39. The molecular weight excluding hydrogens is 582 g/mol. The van der Waals surface area contributed by atoms with Crippen LogP contribution in [0.2, 0.25) is 0 Å². The predicted octanol–water partition coefficient (Wildman–Crippen LogP) is 5.70. The molecule has 1 fully saturated rings. The maximum atomic E-state index is 16.1. The Labute approximate surface area is 248 Å². The number of nitrogens with one attached hydrogen (secondary N) is 1. The molecule has 3 aliphatic rings. The molecule has 2 aromatic carbocycles. The van der Waals surface area contributed by atoms with E-state index >= 15 is 4.39 Å². The van der Waals surface area contributed by atoms with Crippen LogP contribution in [-0.4, -0.2) is 34.9 Å². The number of hydrogen-bond acceptors (Lipinski definition) is 5. The molecule has 1 unspecified atom stereocenters. The first-order chi connectivity index (χ1) is 19.6. The van der Waals surface area contributed by atoms with E-state index < -0.39 is 21.2 Å². The first-order valence-corrected chi connectivity index (χ1v) is 15.4. The summed E-state index contributed by atoms with van der Waals surface area (Å²) in [6.07, 6.45) is 7.01. The monoisotopic (exact) mass is 612 g/mol. The number of allylic oxidation sites excluding steroid dienone is 1. The Morgan fingerprint density at radius 1 is 1.02 bits per heavy atom. The maximum absolute atomic E-state index is 16.1. The summed E-state index contributed by atoms with van der Waals surface area (Å²) >= 11 is 0. The molecule has 2 aromatic heterocycles. The van der Waals surface area contributed by atoms with Gasteiger partial charge in [-0.25, -0.2) is 22.5 Å². The summed E-state index contributed by atoms with van der Waals surface area (Å²) in [5, 5.41) is 8.23. The number of halogens is 3. The van der Waals surface area contributed by atoms with Gasteiger partial charge in [-0.1, -0.05) is 0 Å². The third-order valence-electron chi connectivity index (χ3n) is 8.19. The molecule has 2 atom stereocenters. The quantitative estimate of drug-likeness (QED) is 0.320. The van der Waals surface area contributed by atoms with Gasteiger partial charge in [0.1, 0.15) is 11.6 Å². The number of imidazole rings is 1. The van der Waals surface area contributed by atoms with E-state index in [0.29, 0.717) is 39.6 Å². The van der Waals surface area contributed by atoms with Crippen LogP contribution in [-0.2, 0) is 16.1 Å². The molecule has 12 heteroatoms. The molecular formula is C30H31ClF2N6O2S. The molecule has 2 aliphatic heterocycles. The third-order valence-corrected chi connectivity index (χ3v) is 11.1. The lowest BCUT2D eigenvalue weighted by Crippen LogP contribution is -2.30. The number of aromatic nitrogens is 4. The van der Waals surface area contributed by atoms with Crippen molar-refractivity contribution >= 4 is 28.2 Å². The lowest BCUT2D eigenvalue weighted by molar-refractivity contribution is 0.536. The zero-order valence-corrected chi connectivity index (χ0v) is 25.3. The fourth-order valence-corrected chi connectivity index (χ4v) is 8.65. The summed E-state index contributed by atoms with van der Waals surface area (Å²) in [5.74, 6) is -0.366. The van der Waals surface area contributed by atoms with Gasteiger partial charge in [-0.05, 0) is 82.0 Å².